The number of ether oxygens (including phenoxy) is 1. The Morgan fingerprint density at radius 3 is 3.00 bits per heavy atom. The van der Waals surface area contributed by atoms with E-state index in [4.69, 9.17) is 11.0 Å². The van der Waals surface area contributed by atoms with Crippen LogP contribution in [0.5, 0.6) is 5.75 Å². The number of rotatable bonds is 1. The second kappa shape index (κ2) is 3.34. The fraction of sp³-hybridized carbons (Fsp3) is 0. The summed E-state index contributed by atoms with van der Waals surface area (Å²) in [5, 5.41) is 8.43. The van der Waals surface area contributed by atoms with Crippen molar-refractivity contribution in [3.05, 3.63) is 24.0 Å². The Morgan fingerprint density at radius 2 is 2.42 bits per heavy atom. The third kappa shape index (κ3) is 1.95. The van der Waals surface area contributed by atoms with Gasteiger partial charge in [-0.1, -0.05) is 0 Å². The zero-order valence-corrected chi connectivity index (χ0v) is 6.02. The molecule has 12 heavy (non-hydrogen) atoms. The first-order chi connectivity index (χ1) is 5.72. The van der Waals surface area contributed by atoms with E-state index < -0.39 is 6.09 Å². The molecule has 0 fully saturated rings. The molecule has 0 aliphatic rings. The summed E-state index contributed by atoms with van der Waals surface area (Å²) in [6.07, 6.45) is 1.73. The van der Waals surface area contributed by atoms with Gasteiger partial charge in [0.25, 0.3) is 0 Å². The molecule has 1 amide bonds. The van der Waals surface area contributed by atoms with Gasteiger partial charge in [0.05, 0.1) is 11.8 Å². The van der Waals surface area contributed by atoms with Crippen LogP contribution in [0.2, 0.25) is 0 Å². The van der Waals surface area contributed by atoms with E-state index in [1.54, 1.807) is 0 Å². The Hall–Kier alpha value is -2.09. The summed E-state index contributed by atoms with van der Waals surface area (Å²) in [6.45, 7) is 0. The lowest BCUT2D eigenvalue weighted by Crippen LogP contribution is -2.16. The number of nitrogens with two attached hydrogens (primary N) is 1. The average Bonchev–Trinajstić information content (AvgIpc) is 2.03. The topological polar surface area (TPSA) is 89.0 Å². The van der Waals surface area contributed by atoms with Crippen molar-refractivity contribution in [2.75, 3.05) is 0 Å². The monoisotopic (exact) mass is 163 g/mol. The maximum atomic E-state index is 10.3. The van der Waals surface area contributed by atoms with E-state index in [1.165, 1.54) is 18.5 Å². The smallest absolute Gasteiger partial charge is 0.409 e. The van der Waals surface area contributed by atoms with Gasteiger partial charge in [-0.3, -0.25) is 4.98 Å². The van der Waals surface area contributed by atoms with Crippen LogP contribution in [0.4, 0.5) is 4.79 Å². The van der Waals surface area contributed by atoms with Gasteiger partial charge < -0.3 is 10.5 Å². The van der Waals surface area contributed by atoms with Gasteiger partial charge in [0, 0.05) is 12.3 Å². The largest absolute Gasteiger partial charge is 0.410 e. The van der Waals surface area contributed by atoms with Crippen molar-refractivity contribution in [3.63, 3.8) is 0 Å². The van der Waals surface area contributed by atoms with Crippen LogP contribution in [-0.2, 0) is 0 Å². The van der Waals surface area contributed by atoms with Crippen LogP contribution in [-0.4, -0.2) is 11.1 Å². The molecule has 1 aromatic rings. The maximum absolute atomic E-state index is 10.3. The molecule has 0 aliphatic carbocycles. The molecule has 0 bridgehead atoms. The lowest BCUT2D eigenvalue weighted by atomic mass is 10.3. The fourth-order valence-electron chi connectivity index (χ4n) is 0.652. The Kier molecular flexibility index (Phi) is 2.23. The van der Waals surface area contributed by atoms with E-state index in [-0.39, 0.29) is 5.75 Å². The molecule has 2 N–H and O–H groups in total. The first kappa shape index (κ1) is 8.01. The van der Waals surface area contributed by atoms with Crippen molar-refractivity contribution in [2.24, 2.45) is 5.73 Å². The van der Waals surface area contributed by atoms with Gasteiger partial charge in [-0.2, -0.15) is 5.26 Å². The zero-order valence-electron chi connectivity index (χ0n) is 6.02. The Balaban J connectivity index is 2.88. The predicted octanol–water partition coefficient (Wildman–Crippen LogP) is 0.411. The Bertz CT molecular complexity index is 343. The molecule has 5 nitrogen and oxygen atoms in total. The van der Waals surface area contributed by atoms with Crippen LogP contribution in [0.1, 0.15) is 5.56 Å². The van der Waals surface area contributed by atoms with E-state index >= 15 is 0 Å². The lowest BCUT2D eigenvalue weighted by molar-refractivity contribution is 0.210. The summed E-state index contributed by atoms with van der Waals surface area (Å²) < 4.78 is 4.48. The quantitative estimate of drug-likeness (QED) is 0.649. The van der Waals surface area contributed by atoms with Crippen molar-refractivity contribution >= 4 is 6.09 Å². The molecule has 0 aliphatic heterocycles. The number of carbonyl (C=O) groups is 1. The molecule has 0 unspecified atom stereocenters. The Labute approximate surface area is 68.4 Å². The minimum absolute atomic E-state index is 0.168. The maximum Gasteiger partial charge on any atom is 0.410 e. The van der Waals surface area contributed by atoms with Crippen LogP contribution in [0, 0.1) is 11.3 Å². The number of hydrogen-bond acceptors (Lipinski definition) is 4. The molecular formula is C7H5N3O2. The second-order valence-electron chi connectivity index (χ2n) is 1.94. The number of nitrogens with zero attached hydrogens (tertiary/aromatic N) is 2. The van der Waals surface area contributed by atoms with Crippen molar-refractivity contribution in [3.8, 4) is 11.8 Å². The number of aromatic nitrogens is 1. The molecule has 1 heterocycles. The molecule has 0 saturated heterocycles. The molecule has 1 rings (SSSR count). The minimum atomic E-state index is -0.924. The molecule has 0 saturated carbocycles. The summed E-state index contributed by atoms with van der Waals surface area (Å²) >= 11 is 0. The number of carbonyl (C=O) groups excluding carboxylic acids is 1. The van der Waals surface area contributed by atoms with E-state index in [0.29, 0.717) is 5.56 Å². The van der Waals surface area contributed by atoms with Gasteiger partial charge in [-0.15, -0.1) is 0 Å². The SMILES string of the molecule is N#Cc1cncc(OC(N)=O)c1. The van der Waals surface area contributed by atoms with Crippen molar-refractivity contribution in [2.45, 2.75) is 0 Å². The highest BCUT2D eigenvalue weighted by Gasteiger charge is 1.99. The van der Waals surface area contributed by atoms with Crippen LogP contribution in [0.15, 0.2) is 18.5 Å². The highest BCUT2D eigenvalue weighted by Crippen LogP contribution is 2.09. The molecule has 5 heteroatoms. The van der Waals surface area contributed by atoms with Crippen LogP contribution >= 0.6 is 0 Å². The normalized spacial score (nSPS) is 8.58. The van der Waals surface area contributed by atoms with E-state index in [9.17, 15) is 4.79 Å². The molecule has 60 valence electrons. The van der Waals surface area contributed by atoms with E-state index in [0.717, 1.165) is 0 Å². The number of primary amides is 1. The van der Waals surface area contributed by atoms with Crippen LogP contribution in [0.25, 0.3) is 0 Å². The second-order valence-corrected chi connectivity index (χ2v) is 1.94. The molecule has 0 spiro atoms. The summed E-state index contributed by atoms with van der Waals surface area (Å²) in [5.74, 6) is 0.168. The highest BCUT2D eigenvalue weighted by molar-refractivity contribution is 5.68. The molecule has 1 aromatic heterocycles. The molecule has 0 radical (unpaired) electrons. The van der Waals surface area contributed by atoms with Crippen LogP contribution < -0.4 is 10.5 Å². The fourth-order valence-corrected chi connectivity index (χ4v) is 0.652. The number of nitriles is 1. The standard InChI is InChI=1S/C7H5N3O2/c8-2-5-1-6(4-10-3-5)12-7(9)11/h1,3-4H,(H2,9,11). The van der Waals surface area contributed by atoms with Gasteiger partial charge in [0.2, 0.25) is 0 Å². The van der Waals surface area contributed by atoms with Gasteiger partial charge in [-0.25, -0.2) is 4.79 Å². The van der Waals surface area contributed by atoms with Gasteiger partial charge in [0.1, 0.15) is 6.07 Å². The van der Waals surface area contributed by atoms with Crippen LogP contribution in [0.3, 0.4) is 0 Å². The zero-order chi connectivity index (χ0) is 8.97. The third-order valence-corrected chi connectivity index (χ3v) is 1.06. The summed E-state index contributed by atoms with van der Waals surface area (Å²) in [6, 6.07) is 3.22. The first-order valence-electron chi connectivity index (χ1n) is 3.05. The third-order valence-electron chi connectivity index (χ3n) is 1.06. The highest BCUT2D eigenvalue weighted by atomic mass is 16.5. The summed E-state index contributed by atoms with van der Waals surface area (Å²) in [7, 11) is 0. The summed E-state index contributed by atoms with van der Waals surface area (Å²) in [4.78, 5) is 13.9. The number of pyridine rings is 1. The van der Waals surface area contributed by atoms with Gasteiger partial charge >= 0.3 is 6.09 Å². The lowest BCUT2D eigenvalue weighted by Gasteiger charge is -1.98. The average molecular weight is 163 g/mol. The molecule has 0 atom stereocenters. The van der Waals surface area contributed by atoms with E-state index in [2.05, 4.69) is 9.72 Å². The molecular weight excluding hydrogens is 158 g/mol. The number of amides is 1. The minimum Gasteiger partial charge on any atom is -0.409 e. The Morgan fingerprint density at radius 1 is 1.67 bits per heavy atom. The van der Waals surface area contributed by atoms with Crippen molar-refractivity contribution < 1.29 is 9.53 Å². The van der Waals surface area contributed by atoms with Crippen molar-refractivity contribution in [1.82, 2.24) is 4.98 Å². The van der Waals surface area contributed by atoms with Gasteiger partial charge in [-0.05, 0) is 0 Å². The number of hydrogen-bond donors (Lipinski definition) is 1. The summed E-state index contributed by atoms with van der Waals surface area (Å²) in [5.41, 5.74) is 5.06. The predicted molar refractivity (Wildman–Crippen MR) is 39.2 cm³/mol. The van der Waals surface area contributed by atoms with Crippen molar-refractivity contribution in [1.29, 1.82) is 5.26 Å². The van der Waals surface area contributed by atoms with E-state index in [1.807, 2.05) is 6.07 Å². The molecule has 0 aromatic carbocycles. The van der Waals surface area contributed by atoms with Gasteiger partial charge in [0.15, 0.2) is 5.75 Å². The first-order valence-corrected chi connectivity index (χ1v) is 3.05.